The van der Waals surface area contributed by atoms with Gasteiger partial charge in [-0.3, -0.25) is 0 Å². The highest BCUT2D eigenvalue weighted by Gasteiger charge is 1.83. The van der Waals surface area contributed by atoms with Crippen molar-refractivity contribution in [2.24, 2.45) is 0 Å². The SMILES string of the molecule is CCCCCCC#CCCCCl. The Morgan fingerprint density at radius 3 is 2.17 bits per heavy atom. The van der Waals surface area contributed by atoms with E-state index in [4.69, 9.17) is 11.6 Å². The summed E-state index contributed by atoms with van der Waals surface area (Å²) in [4.78, 5) is 0. The summed E-state index contributed by atoms with van der Waals surface area (Å²) in [5.41, 5.74) is 0. The quantitative estimate of drug-likeness (QED) is 0.335. The standard InChI is InChI=1S/C11H19Cl/c1-2-3-4-5-6-7-8-9-10-11-12/h2-6,9-11H2,1H3. The number of hydrogen-bond donors (Lipinski definition) is 0. The number of hydrogen-bond acceptors (Lipinski definition) is 0. The van der Waals surface area contributed by atoms with Gasteiger partial charge < -0.3 is 0 Å². The van der Waals surface area contributed by atoms with Crippen molar-refractivity contribution in [3.8, 4) is 11.8 Å². The molecule has 0 unspecified atom stereocenters. The Kier molecular flexibility index (Phi) is 10.7. The van der Waals surface area contributed by atoms with Gasteiger partial charge in [-0.25, -0.2) is 0 Å². The van der Waals surface area contributed by atoms with Crippen LogP contribution >= 0.6 is 11.6 Å². The van der Waals surface area contributed by atoms with E-state index < -0.39 is 0 Å². The van der Waals surface area contributed by atoms with E-state index in [9.17, 15) is 0 Å². The van der Waals surface area contributed by atoms with E-state index in [-0.39, 0.29) is 0 Å². The lowest BCUT2D eigenvalue weighted by Gasteiger charge is -1.91. The van der Waals surface area contributed by atoms with Gasteiger partial charge in [0.2, 0.25) is 0 Å². The summed E-state index contributed by atoms with van der Waals surface area (Å²) in [6, 6.07) is 0. The lowest BCUT2D eigenvalue weighted by molar-refractivity contribution is 0.679. The van der Waals surface area contributed by atoms with Gasteiger partial charge in [-0.05, 0) is 12.8 Å². The lowest BCUT2D eigenvalue weighted by Crippen LogP contribution is -1.75. The van der Waals surface area contributed by atoms with Crippen LogP contribution < -0.4 is 0 Å². The maximum atomic E-state index is 5.52. The second kappa shape index (κ2) is 10.8. The predicted molar refractivity (Wildman–Crippen MR) is 56.5 cm³/mol. The van der Waals surface area contributed by atoms with Crippen LogP contribution in [0.15, 0.2) is 0 Å². The molecular formula is C11H19Cl. The molecule has 0 rings (SSSR count). The molecular weight excluding hydrogens is 168 g/mol. The molecule has 0 heterocycles. The third kappa shape index (κ3) is 9.85. The summed E-state index contributed by atoms with van der Waals surface area (Å²) >= 11 is 5.52. The molecule has 0 saturated heterocycles. The van der Waals surface area contributed by atoms with Crippen molar-refractivity contribution in [1.82, 2.24) is 0 Å². The molecule has 0 aliphatic carbocycles. The van der Waals surface area contributed by atoms with Crippen LogP contribution in [-0.4, -0.2) is 5.88 Å². The minimum absolute atomic E-state index is 0.741. The third-order valence-electron chi connectivity index (χ3n) is 1.72. The van der Waals surface area contributed by atoms with Crippen molar-refractivity contribution in [1.29, 1.82) is 0 Å². The van der Waals surface area contributed by atoms with Gasteiger partial charge in [0, 0.05) is 18.7 Å². The Labute approximate surface area is 81.7 Å². The molecule has 0 aliphatic rings. The zero-order valence-electron chi connectivity index (χ0n) is 8.03. The van der Waals surface area contributed by atoms with Gasteiger partial charge in [0.25, 0.3) is 0 Å². The molecule has 0 N–H and O–H groups in total. The average Bonchev–Trinajstić information content (AvgIpc) is 2.10. The summed E-state index contributed by atoms with van der Waals surface area (Å²) in [5.74, 6) is 7.04. The van der Waals surface area contributed by atoms with Crippen molar-refractivity contribution < 1.29 is 0 Å². The minimum atomic E-state index is 0.741. The number of alkyl halides is 1. The Balaban J connectivity index is 2.99. The summed E-state index contributed by atoms with van der Waals surface area (Å²) in [6.07, 6.45) is 8.33. The van der Waals surface area contributed by atoms with Crippen molar-refractivity contribution in [3.05, 3.63) is 0 Å². The largest absolute Gasteiger partial charge is 0.127 e. The van der Waals surface area contributed by atoms with Gasteiger partial charge >= 0.3 is 0 Å². The molecule has 0 radical (unpaired) electrons. The fourth-order valence-corrected chi connectivity index (χ4v) is 1.11. The Bertz CT molecular complexity index is 130. The van der Waals surface area contributed by atoms with Crippen molar-refractivity contribution in [2.45, 2.75) is 51.9 Å². The normalized spacial score (nSPS) is 9.17. The van der Waals surface area contributed by atoms with Crippen LogP contribution in [-0.2, 0) is 0 Å². The van der Waals surface area contributed by atoms with Crippen molar-refractivity contribution in [3.63, 3.8) is 0 Å². The van der Waals surface area contributed by atoms with Crippen LogP contribution in [0.4, 0.5) is 0 Å². The Hall–Kier alpha value is -0.150. The number of rotatable bonds is 6. The molecule has 0 nitrogen and oxygen atoms in total. The third-order valence-corrected chi connectivity index (χ3v) is 1.98. The molecule has 0 aromatic rings. The van der Waals surface area contributed by atoms with E-state index in [1.165, 1.54) is 25.7 Å². The van der Waals surface area contributed by atoms with Gasteiger partial charge in [0.05, 0.1) is 0 Å². The molecule has 0 aromatic heterocycles. The molecule has 0 spiro atoms. The van der Waals surface area contributed by atoms with Gasteiger partial charge in [-0.1, -0.05) is 26.2 Å². The highest BCUT2D eigenvalue weighted by atomic mass is 35.5. The topological polar surface area (TPSA) is 0 Å². The maximum absolute atomic E-state index is 5.52. The van der Waals surface area contributed by atoms with E-state index in [0.717, 1.165) is 25.1 Å². The molecule has 0 aliphatic heterocycles. The number of halogens is 1. The van der Waals surface area contributed by atoms with Crippen LogP contribution in [0.2, 0.25) is 0 Å². The maximum Gasteiger partial charge on any atom is 0.0232 e. The summed E-state index contributed by atoms with van der Waals surface area (Å²) in [5, 5.41) is 0. The molecule has 0 atom stereocenters. The first kappa shape index (κ1) is 11.8. The average molecular weight is 187 g/mol. The molecule has 12 heavy (non-hydrogen) atoms. The fourth-order valence-electron chi connectivity index (χ4n) is 0.972. The van der Waals surface area contributed by atoms with Gasteiger partial charge in [-0.2, -0.15) is 0 Å². The van der Waals surface area contributed by atoms with E-state index in [1.54, 1.807) is 0 Å². The Morgan fingerprint density at radius 1 is 0.917 bits per heavy atom. The van der Waals surface area contributed by atoms with Crippen LogP contribution in [0.25, 0.3) is 0 Å². The lowest BCUT2D eigenvalue weighted by atomic mass is 10.1. The zero-order chi connectivity index (χ0) is 9.07. The monoisotopic (exact) mass is 186 g/mol. The predicted octanol–water partition coefficient (Wildman–Crippen LogP) is 3.98. The Morgan fingerprint density at radius 2 is 1.58 bits per heavy atom. The van der Waals surface area contributed by atoms with E-state index in [2.05, 4.69) is 18.8 Å². The fraction of sp³-hybridized carbons (Fsp3) is 0.818. The molecule has 0 bridgehead atoms. The highest BCUT2D eigenvalue weighted by Crippen LogP contribution is 2.01. The molecule has 0 saturated carbocycles. The summed E-state index contributed by atoms with van der Waals surface area (Å²) in [6.45, 7) is 2.23. The van der Waals surface area contributed by atoms with Crippen LogP contribution in [0.3, 0.4) is 0 Å². The zero-order valence-corrected chi connectivity index (χ0v) is 8.79. The molecule has 0 aromatic carbocycles. The van der Waals surface area contributed by atoms with Gasteiger partial charge in [-0.15, -0.1) is 23.4 Å². The van der Waals surface area contributed by atoms with Gasteiger partial charge in [0.1, 0.15) is 0 Å². The van der Waals surface area contributed by atoms with Crippen LogP contribution in [0.1, 0.15) is 51.9 Å². The van der Waals surface area contributed by atoms with Crippen LogP contribution in [0.5, 0.6) is 0 Å². The minimum Gasteiger partial charge on any atom is -0.127 e. The van der Waals surface area contributed by atoms with E-state index in [1.807, 2.05) is 0 Å². The first-order chi connectivity index (χ1) is 5.91. The van der Waals surface area contributed by atoms with Gasteiger partial charge in [0.15, 0.2) is 0 Å². The molecule has 70 valence electrons. The van der Waals surface area contributed by atoms with Crippen molar-refractivity contribution in [2.75, 3.05) is 5.88 Å². The first-order valence-corrected chi connectivity index (χ1v) is 5.47. The van der Waals surface area contributed by atoms with E-state index >= 15 is 0 Å². The van der Waals surface area contributed by atoms with E-state index in [0.29, 0.717) is 0 Å². The summed E-state index contributed by atoms with van der Waals surface area (Å²) in [7, 11) is 0. The number of unbranched alkanes of at least 4 members (excludes halogenated alkanes) is 5. The first-order valence-electron chi connectivity index (χ1n) is 4.93. The second-order valence-corrected chi connectivity index (χ2v) is 3.33. The molecule has 0 amide bonds. The molecule has 0 fully saturated rings. The summed E-state index contributed by atoms with van der Waals surface area (Å²) < 4.78 is 0. The smallest absolute Gasteiger partial charge is 0.0232 e. The second-order valence-electron chi connectivity index (χ2n) is 2.96. The van der Waals surface area contributed by atoms with Crippen LogP contribution in [0, 0.1) is 11.8 Å². The van der Waals surface area contributed by atoms with Crippen molar-refractivity contribution >= 4 is 11.6 Å². The highest BCUT2D eigenvalue weighted by molar-refractivity contribution is 6.17. The molecule has 1 heteroatoms.